The van der Waals surface area contributed by atoms with E-state index in [2.05, 4.69) is 34.3 Å². The number of halogens is 1. The van der Waals surface area contributed by atoms with Gasteiger partial charge in [-0.25, -0.2) is 0 Å². The lowest BCUT2D eigenvalue weighted by molar-refractivity contribution is -0.125. The molecule has 12 nitrogen and oxygen atoms in total. The SMILES string of the molecule is Cc1sc2c(c1C)C(c1ccc(Cl)cc1)=N[C@@H](CC(=O)NCCCOCCCOc1cccc3ncc(N4C=CC(=O)CC4=O)cc13)c1nnc(C)n1-2. The molecule has 0 saturated carbocycles. The Morgan fingerprint density at radius 1 is 1.04 bits per heavy atom. The molecule has 2 aromatic carbocycles. The molecule has 1 atom stereocenters. The Kier molecular flexibility index (Phi) is 10.8. The number of aryl methyl sites for hydroxylation is 2. The summed E-state index contributed by atoms with van der Waals surface area (Å²) in [6, 6.07) is 14.5. The van der Waals surface area contributed by atoms with Crippen LogP contribution in [-0.2, 0) is 19.1 Å². The molecule has 0 radical (unpaired) electrons. The number of rotatable bonds is 13. The summed E-state index contributed by atoms with van der Waals surface area (Å²) in [5.41, 5.74) is 5.20. The molecule has 5 heterocycles. The van der Waals surface area contributed by atoms with E-state index >= 15 is 0 Å². The Bertz CT molecular complexity index is 2260. The van der Waals surface area contributed by atoms with E-state index in [1.54, 1.807) is 17.5 Å². The zero-order valence-electron chi connectivity index (χ0n) is 29.6. The van der Waals surface area contributed by atoms with Gasteiger partial charge in [0.1, 0.15) is 22.6 Å². The summed E-state index contributed by atoms with van der Waals surface area (Å²) < 4.78 is 13.9. The van der Waals surface area contributed by atoms with Crippen molar-refractivity contribution in [1.82, 2.24) is 25.1 Å². The maximum absolute atomic E-state index is 13.3. The average Bonchev–Trinajstić information content (AvgIpc) is 3.62. The minimum absolute atomic E-state index is 0.121. The van der Waals surface area contributed by atoms with E-state index in [0.717, 1.165) is 44.1 Å². The summed E-state index contributed by atoms with van der Waals surface area (Å²) in [6.07, 6.45) is 5.74. The Morgan fingerprint density at radius 3 is 2.66 bits per heavy atom. The number of carbonyl (C=O) groups excluding carboxylic acids is 3. The molecule has 14 heteroatoms. The predicted octanol–water partition coefficient (Wildman–Crippen LogP) is 6.55. The largest absolute Gasteiger partial charge is 0.493 e. The first kappa shape index (κ1) is 36.1. The summed E-state index contributed by atoms with van der Waals surface area (Å²) in [5.74, 6) is 1.39. The lowest BCUT2D eigenvalue weighted by Gasteiger charge is -2.21. The van der Waals surface area contributed by atoms with Gasteiger partial charge in [-0.3, -0.25) is 33.8 Å². The number of pyridine rings is 1. The lowest BCUT2D eigenvalue weighted by atomic mass is 9.99. The molecule has 3 aromatic heterocycles. The van der Waals surface area contributed by atoms with Crippen LogP contribution in [0.15, 0.2) is 72.0 Å². The first-order chi connectivity index (χ1) is 25.7. The third-order valence-electron chi connectivity index (χ3n) is 9.17. The molecule has 0 unspecified atom stereocenters. The Labute approximate surface area is 315 Å². The third-order valence-corrected chi connectivity index (χ3v) is 10.6. The van der Waals surface area contributed by atoms with Gasteiger partial charge in [0.05, 0.1) is 42.6 Å². The summed E-state index contributed by atoms with van der Waals surface area (Å²) in [6.45, 7) is 7.97. The number of aromatic nitrogens is 4. The molecule has 2 aliphatic heterocycles. The molecule has 0 fully saturated rings. The van der Waals surface area contributed by atoms with Crippen molar-refractivity contribution >= 4 is 62.8 Å². The van der Waals surface area contributed by atoms with Crippen molar-refractivity contribution in [3.8, 4) is 10.8 Å². The minimum atomic E-state index is -0.531. The van der Waals surface area contributed by atoms with Crippen LogP contribution in [0.25, 0.3) is 15.9 Å². The number of amides is 2. The number of fused-ring (bicyclic) bond motifs is 4. The van der Waals surface area contributed by atoms with Crippen LogP contribution in [0.2, 0.25) is 5.02 Å². The smallest absolute Gasteiger partial charge is 0.238 e. The summed E-state index contributed by atoms with van der Waals surface area (Å²) in [5, 5.41) is 14.3. The fourth-order valence-corrected chi connectivity index (χ4v) is 7.70. The number of anilines is 1. The van der Waals surface area contributed by atoms with Gasteiger partial charge in [-0.1, -0.05) is 29.8 Å². The predicted molar refractivity (Wildman–Crippen MR) is 204 cm³/mol. The second-order valence-corrected chi connectivity index (χ2v) is 14.5. The number of thiophene rings is 1. The van der Waals surface area contributed by atoms with Gasteiger partial charge in [0.15, 0.2) is 11.6 Å². The second-order valence-electron chi connectivity index (χ2n) is 12.9. The van der Waals surface area contributed by atoms with Crippen LogP contribution in [0.1, 0.15) is 64.9 Å². The van der Waals surface area contributed by atoms with Crippen molar-refractivity contribution in [1.29, 1.82) is 0 Å². The van der Waals surface area contributed by atoms with Crippen LogP contribution in [0.4, 0.5) is 5.69 Å². The molecule has 272 valence electrons. The van der Waals surface area contributed by atoms with Crippen molar-refractivity contribution in [2.75, 3.05) is 31.3 Å². The highest BCUT2D eigenvalue weighted by atomic mass is 35.5. The number of ketones is 1. The molecule has 2 aliphatic rings. The van der Waals surface area contributed by atoms with Crippen LogP contribution < -0.4 is 15.0 Å². The quantitative estimate of drug-likeness (QED) is 0.106. The zero-order valence-corrected chi connectivity index (χ0v) is 31.2. The van der Waals surface area contributed by atoms with E-state index < -0.39 is 6.04 Å². The number of nitrogens with one attached hydrogen (secondary N) is 1. The third kappa shape index (κ3) is 7.78. The first-order valence-electron chi connectivity index (χ1n) is 17.4. The topological polar surface area (TPSA) is 141 Å². The van der Waals surface area contributed by atoms with Crippen LogP contribution >= 0.6 is 22.9 Å². The maximum Gasteiger partial charge on any atom is 0.238 e. The van der Waals surface area contributed by atoms with Gasteiger partial charge in [0.2, 0.25) is 11.8 Å². The highest BCUT2D eigenvalue weighted by molar-refractivity contribution is 7.15. The van der Waals surface area contributed by atoms with E-state index in [4.69, 9.17) is 26.1 Å². The van der Waals surface area contributed by atoms with Crippen LogP contribution in [0.3, 0.4) is 0 Å². The van der Waals surface area contributed by atoms with E-state index in [1.165, 1.54) is 22.1 Å². The minimum Gasteiger partial charge on any atom is -0.493 e. The van der Waals surface area contributed by atoms with E-state index in [1.807, 2.05) is 60.0 Å². The molecule has 0 spiro atoms. The Balaban J connectivity index is 0.899. The van der Waals surface area contributed by atoms with Crippen molar-refractivity contribution in [2.24, 2.45) is 4.99 Å². The van der Waals surface area contributed by atoms with Gasteiger partial charge in [-0.05, 0) is 69.2 Å². The van der Waals surface area contributed by atoms with E-state index in [0.29, 0.717) is 61.5 Å². The van der Waals surface area contributed by atoms with Crippen molar-refractivity contribution in [3.63, 3.8) is 0 Å². The molecule has 1 N–H and O–H groups in total. The van der Waals surface area contributed by atoms with Gasteiger partial charge in [-0.2, -0.15) is 0 Å². The van der Waals surface area contributed by atoms with Crippen molar-refractivity contribution < 1.29 is 23.9 Å². The van der Waals surface area contributed by atoms with Crippen LogP contribution in [0.5, 0.6) is 5.75 Å². The number of nitrogens with zero attached hydrogens (tertiary/aromatic N) is 6. The van der Waals surface area contributed by atoms with Gasteiger partial charge >= 0.3 is 0 Å². The number of aliphatic imine (C=N–C) groups is 1. The number of allylic oxidation sites excluding steroid dienone is 1. The van der Waals surface area contributed by atoms with Crippen molar-refractivity contribution in [2.45, 2.75) is 52.5 Å². The molecule has 0 aliphatic carbocycles. The molecule has 7 rings (SSSR count). The van der Waals surface area contributed by atoms with Gasteiger partial charge < -0.3 is 14.8 Å². The molecule has 0 bridgehead atoms. The van der Waals surface area contributed by atoms with E-state index in [9.17, 15) is 14.4 Å². The van der Waals surface area contributed by atoms with Gasteiger partial charge in [0, 0.05) is 58.8 Å². The standard InChI is InChI=1S/C39H38ClN7O5S/c1-23-24(2)53-39-36(23)37(26-9-11-27(40)12-10-26)43-32(38-45-44-25(3)47(38)39)21-34(49)41-14-5-16-51-17-6-18-52-33-8-4-7-31-30(33)19-28(22-42-31)46-15-13-29(48)20-35(46)50/h4,7-13,15,19,22,32H,5-6,14,16-18,20-21H2,1-3H3,(H,41,49)/t32-/m0/s1. The number of ether oxygens (including phenoxy) is 2. The van der Waals surface area contributed by atoms with Gasteiger partial charge in [-0.15, -0.1) is 21.5 Å². The normalized spacial score (nSPS) is 15.3. The second kappa shape index (κ2) is 15.8. The summed E-state index contributed by atoms with van der Waals surface area (Å²) in [4.78, 5) is 49.5. The van der Waals surface area contributed by atoms with Crippen LogP contribution in [-0.4, -0.2) is 69.4 Å². The first-order valence-corrected chi connectivity index (χ1v) is 18.6. The van der Waals surface area contributed by atoms with Crippen LogP contribution in [0, 0.1) is 20.8 Å². The molecule has 5 aromatic rings. The summed E-state index contributed by atoms with van der Waals surface area (Å²) >= 11 is 7.89. The van der Waals surface area contributed by atoms with Crippen molar-refractivity contribution in [3.05, 3.63) is 105 Å². The Morgan fingerprint density at radius 2 is 1.85 bits per heavy atom. The highest BCUT2D eigenvalue weighted by Gasteiger charge is 2.32. The van der Waals surface area contributed by atoms with E-state index in [-0.39, 0.29) is 30.4 Å². The lowest BCUT2D eigenvalue weighted by Crippen LogP contribution is -2.30. The Hall–Kier alpha value is -5.24. The number of carbonyl (C=O) groups is 3. The molecular formula is C39H38ClN7O5S. The number of hydrogen-bond donors (Lipinski definition) is 1. The fourth-order valence-electron chi connectivity index (χ4n) is 6.36. The summed E-state index contributed by atoms with van der Waals surface area (Å²) in [7, 11) is 0. The zero-order chi connectivity index (χ0) is 37.1. The maximum atomic E-state index is 13.3. The molecular weight excluding hydrogens is 714 g/mol. The van der Waals surface area contributed by atoms with Gasteiger partial charge in [0.25, 0.3) is 0 Å². The molecule has 0 saturated heterocycles. The molecule has 53 heavy (non-hydrogen) atoms. The molecule has 2 amide bonds. The number of hydrogen-bond acceptors (Lipinski definition) is 10. The fraction of sp³-hybridized carbons (Fsp3) is 0.308. The number of benzene rings is 2. The average molecular weight is 752 g/mol. The highest BCUT2D eigenvalue weighted by Crippen LogP contribution is 2.39. The monoisotopic (exact) mass is 751 g/mol.